The number of aromatic hydroxyl groups is 1. The summed E-state index contributed by atoms with van der Waals surface area (Å²) < 4.78 is 5.35. The van der Waals surface area contributed by atoms with Gasteiger partial charge >= 0.3 is 0 Å². The van der Waals surface area contributed by atoms with E-state index in [4.69, 9.17) is 4.74 Å². The molecule has 0 atom stereocenters. The first kappa shape index (κ1) is 23.3. The summed E-state index contributed by atoms with van der Waals surface area (Å²) >= 11 is 0. The minimum atomic E-state index is -0.208. The molecular weight excluding hydrogens is 402 g/mol. The van der Waals surface area contributed by atoms with Crippen molar-refractivity contribution in [3.8, 4) is 11.5 Å². The van der Waals surface area contributed by atoms with Crippen molar-refractivity contribution in [1.29, 1.82) is 0 Å². The number of benzene rings is 2. The average Bonchev–Trinajstić information content (AvgIpc) is 2.83. The fraction of sp³-hybridized carbons (Fsp3) is 0.333. The van der Waals surface area contributed by atoms with Crippen LogP contribution < -0.4 is 4.74 Å². The number of ether oxygens (including phenoxy) is 1. The molecule has 0 unspecified atom stereocenters. The molecule has 0 aliphatic heterocycles. The van der Waals surface area contributed by atoms with Gasteiger partial charge in [-0.3, -0.25) is 9.59 Å². The number of hydrogen-bond donors (Lipinski definition) is 1. The van der Waals surface area contributed by atoms with Gasteiger partial charge in [0, 0.05) is 30.3 Å². The molecule has 3 rings (SSSR count). The van der Waals surface area contributed by atoms with Gasteiger partial charge in [0.25, 0.3) is 0 Å². The molecule has 0 spiro atoms. The maximum Gasteiger partial charge on any atom is 0.230 e. The van der Waals surface area contributed by atoms with Crippen LogP contribution in [-0.4, -0.2) is 35.4 Å². The summed E-state index contributed by atoms with van der Waals surface area (Å²) in [6, 6.07) is 12.3. The van der Waals surface area contributed by atoms with Crippen molar-refractivity contribution in [1.82, 2.24) is 4.90 Å². The third-order valence-corrected chi connectivity index (χ3v) is 5.61. The molecular formula is C27H31NO4. The van der Waals surface area contributed by atoms with E-state index >= 15 is 0 Å². The fourth-order valence-electron chi connectivity index (χ4n) is 3.74. The van der Waals surface area contributed by atoms with Crippen LogP contribution >= 0.6 is 0 Å². The topological polar surface area (TPSA) is 66.8 Å². The molecule has 0 fully saturated rings. The molecule has 32 heavy (non-hydrogen) atoms. The summed E-state index contributed by atoms with van der Waals surface area (Å²) in [6.07, 6.45) is 10.2. The van der Waals surface area contributed by atoms with Gasteiger partial charge < -0.3 is 14.7 Å². The number of unbranched alkanes of at least 4 members (excludes halogenated alkanes) is 1. The Balaban J connectivity index is 1.69. The second-order valence-corrected chi connectivity index (χ2v) is 7.98. The summed E-state index contributed by atoms with van der Waals surface area (Å²) in [5, 5.41) is 9.69. The maximum atomic E-state index is 13.0. The monoisotopic (exact) mass is 433 g/mol. The molecule has 1 aliphatic rings. The Morgan fingerprint density at radius 2 is 1.88 bits per heavy atom. The Kier molecular flexibility index (Phi) is 8.26. The van der Waals surface area contributed by atoms with Crippen LogP contribution in [0.5, 0.6) is 11.5 Å². The molecule has 1 aliphatic carbocycles. The number of phenolic OH excluding ortho intramolecular Hbond substituents is 1. The second-order valence-electron chi connectivity index (χ2n) is 7.98. The molecule has 168 valence electrons. The van der Waals surface area contributed by atoms with E-state index in [1.807, 2.05) is 12.1 Å². The predicted octanol–water partition coefficient (Wildman–Crippen LogP) is 5.54. The minimum Gasteiger partial charge on any atom is -0.508 e. The maximum absolute atomic E-state index is 13.0. The highest BCUT2D eigenvalue weighted by Gasteiger charge is 2.20. The zero-order valence-corrected chi connectivity index (χ0v) is 18.8. The molecule has 2 aromatic rings. The third kappa shape index (κ3) is 6.10. The number of hydrogen-bond acceptors (Lipinski definition) is 4. The quantitative estimate of drug-likeness (QED) is 0.395. The van der Waals surface area contributed by atoms with Crippen molar-refractivity contribution in [2.75, 3.05) is 13.7 Å². The van der Waals surface area contributed by atoms with Gasteiger partial charge in [-0.05, 0) is 42.5 Å². The molecule has 0 saturated carbocycles. The van der Waals surface area contributed by atoms with Crippen LogP contribution in [0.25, 0.3) is 5.57 Å². The Hall–Kier alpha value is -3.34. The highest BCUT2D eigenvalue weighted by atomic mass is 16.5. The zero-order valence-electron chi connectivity index (χ0n) is 18.8. The smallest absolute Gasteiger partial charge is 0.230 e. The van der Waals surface area contributed by atoms with E-state index in [0.29, 0.717) is 24.4 Å². The first-order valence-electron chi connectivity index (χ1n) is 11.2. The SMILES string of the molecule is CCCCN(Cc1ccc(O)cc1OC)C(=O)CC(=O)c1ccc(C2=CCCC=C2)cc1. The molecule has 1 amide bonds. The number of carbonyl (C=O) groups excluding carboxylic acids is 2. The molecule has 1 N–H and O–H groups in total. The van der Waals surface area contributed by atoms with Crippen LogP contribution in [0.4, 0.5) is 0 Å². The molecule has 2 aromatic carbocycles. The molecule has 0 bridgehead atoms. The van der Waals surface area contributed by atoms with Gasteiger partial charge in [-0.2, -0.15) is 0 Å². The van der Waals surface area contributed by atoms with Crippen molar-refractivity contribution in [2.45, 2.75) is 45.6 Å². The van der Waals surface area contributed by atoms with E-state index in [2.05, 4.69) is 25.2 Å². The first-order valence-corrected chi connectivity index (χ1v) is 11.2. The lowest BCUT2D eigenvalue weighted by Gasteiger charge is -2.23. The fourth-order valence-corrected chi connectivity index (χ4v) is 3.74. The van der Waals surface area contributed by atoms with Gasteiger partial charge in [-0.25, -0.2) is 0 Å². The number of Topliss-reactive ketones (excluding diaryl/α,β-unsaturated/α-hetero) is 1. The number of amides is 1. The summed E-state index contributed by atoms with van der Waals surface area (Å²) in [4.78, 5) is 27.5. The predicted molar refractivity (Wildman–Crippen MR) is 127 cm³/mol. The third-order valence-electron chi connectivity index (χ3n) is 5.61. The van der Waals surface area contributed by atoms with Crippen molar-refractivity contribution >= 4 is 17.3 Å². The molecule has 5 nitrogen and oxygen atoms in total. The lowest BCUT2D eigenvalue weighted by Crippen LogP contribution is -2.33. The van der Waals surface area contributed by atoms with Gasteiger partial charge in [0.2, 0.25) is 5.91 Å². The summed E-state index contributed by atoms with van der Waals surface area (Å²) in [7, 11) is 1.53. The molecule has 5 heteroatoms. The number of rotatable bonds is 10. The number of carbonyl (C=O) groups is 2. The second kappa shape index (κ2) is 11.3. The van der Waals surface area contributed by atoms with E-state index in [1.54, 1.807) is 29.2 Å². The average molecular weight is 434 g/mol. The lowest BCUT2D eigenvalue weighted by atomic mass is 9.97. The van der Waals surface area contributed by atoms with Crippen LogP contribution in [0, 0.1) is 0 Å². The van der Waals surface area contributed by atoms with Crippen molar-refractivity contribution in [3.05, 3.63) is 77.4 Å². The summed E-state index contributed by atoms with van der Waals surface area (Å²) in [5.41, 5.74) is 3.58. The van der Waals surface area contributed by atoms with Crippen molar-refractivity contribution in [2.24, 2.45) is 0 Å². The van der Waals surface area contributed by atoms with Crippen LogP contribution in [0.3, 0.4) is 0 Å². The van der Waals surface area contributed by atoms with Crippen molar-refractivity contribution < 1.29 is 19.4 Å². The van der Waals surface area contributed by atoms with Gasteiger partial charge in [-0.15, -0.1) is 0 Å². The first-order chi connectivity index (χ1) is 15.5. The Labute approximate surface area is 190 Å². The molecule has 0 radical (unpaired) electrons. The Bertz CT molecular complexity index is 1000. The van der Waals surface area contributed by atoms with E-state index in [1.165, 1.54) is 18.7 Å². The van der Waals surface area contributed by atoms with Crippen LogP contribution in [0.2, 0.25) is 0 Å². The zero-order chi connectivity index (χ0) is 22.9. The Morgan fingerprint density at radius 3 is 2.53 bits per heavy atom. The van der Waals surface area contributed by atoms with E-state index in [0.717, 1.165) is 36.8 Å². The van der Waals surface area contributed by atoms with Crippen LogP contribution in [-0.2, 0) is 11.3 Å². The van der Waals surface area contributed by atoms with Gasteiger partial charge in [-0.1, -0.05) is 55.8 Å². The number of phenols is 1. The standard InChI is InChI=1S/C27H31NO4/c1-3-4-16-28(19-23-14-15-24(29)17-26(23)32-2)27(31)18-25(30)22-12-10-21(11-13-22)20-8-6-5-7-9-20/h6,8-15,17,29H,3-5,7,16,18-19H2,1-2H3. The summed E-state index contributed by atoms with van der Waals surface area (Å²) in [6.45, 7) is 2.95. The molecule has 0 saturated heterocycles. The van der Waals surface area contributed by atoms with Gasteiger partial charge in [0.05, 0.1) is 13.5 Å². The molecule has 0 aromatic heterocycles. The Morgan fingerprint density at radius 1 is 1.09 bits per heavy atom. The number of ketones is 1. The highest BCUT2D eigenvalue weighted by Crippen LogP contribution is 2.26. The highest BCUT2D eigenvalue weighted by molar-refractivity contribution is 6.07. The van der Waals surface area contributed by atoms with E-state index in [9.17, 15) is 14.7 Å². The van der Waals surface area contributed by atoms with Crippen LogP contribution in [0.15, 0.2) is 60.7 Å². The lowest BCUT2D eigenvalue weighted by molar-refractivity contribution is -0.130. The van der Waals surface area contributed by atoms with E-state index < -0.39 is 0 Å². The number of allylic oxidation sites excluding steroid dienone is 4. The van der Waals surface area contributed by atoms with Gasteiger partial charge in [0.15, 0.2) is 5.78 Å². The summed E-state index contributed by atoms with van der Waals surface area (Å²) in [5.74, 6) is 0.233. The van der Waals surface area contributed by atoms with Crippen LogP contribution in [0.1, 0.15) is 60.5 Å². The largest absolute Gasteiger partial charge is 0.508 e. The number of methoxy groups -OCH3 is 1. The van der Waals surface area contributed by atoms with E-state index in [-0.39, 0.29) is 23.9 Å². The minimum absolute atomic E-state index is 0.107. The van der Waals surface area contributed by atoms with Crippen molar-refractivity contribution in [3.63, 3.8) is 0 Å². The molecule has 0 heterocycles. The number of nitrogens with zero attached hydrogens (tertiary/aromatic N) is 1. The van der Waals surface area contributed by atoms with Gasteiger partial charge in [0.1, 0.15) is 11.5 Å². The normalized spacial score (nSPS) is 12.9.